The van der Waals surface area contributed by atoms with Crippen LogP contribution in [0.2, 0.25) is 0 Å². The maximum atomic E-state index is 7.03. The first-order valence-electron chi connectivity index (χ1n) is 3.69. The second kappa shape index (κ2) is 3.18. The maximum Gasteiger partial charge on any atom is 0.0115 e. The Morgan fingerprint density at radius 2 is 2.44 bits per heavy atom. The van der Waals surface area contributed by atoms with E-state index in [9.17, 15) is 0 Å². The van der Waals surface area contributed by atoms with E-state index in [0.29, 0.717) is 6.54 Å². The Labute approximate surface area is 57.0 Å². The minimum Gasteiger partial charge on any atom is -0.303 e. The number of likely N-dealkylation sites (tertiary alicyclic amines) is 1. The van der Waals surface area contributed by atoms with Crippen molar-refractivity contribution in [2.75, 3.05) is 20.1 Å². The zero-order chi connectivity index (χ0) is 6.69. The Bertz CT molecular complexity index is 83.0. The third kappa shape index (κ3) is 1.66. The summed E-state index contributed by atoms with van der Waals surface area (Å²) in [5, 5.41) is 0. The zero-order valence-electron chi connectivity index (χ0n) is 6.06. The normalized spacial score (nSPS) is 29.3. The summed E-state index contributed by atoms with van der Waals surface area (Å²) in [4.78, 5) is 2.37. The second-order valence-electron chi connectivity index (χ2n) is 2.82. The number of hydrogen-bond donors (Lipinski definition) is 0. The van der Waals surface area contributed by atoms with Gasteiger partial charge in [-0.2, -0.15) is 0 Å². The van der Waals surface area contributed by atoms with Gasteiger partial charge < -0.3 is 4.90 Å². The van der Waals surface area contributed by atoms with Crippen molar-refractivity contribution in [1.29, 1.82) is 0 Å². The first-order chi connectivity index (χ1) is 4.34. The fourth-order valence-electron chi connectivity index (χ4n) is 1.51. The molecule has 1 atom stereocenters. The first-order valence-corrected chi connectivity index (χ1v) is 3.69. The van der Waals surface area contributed by atoms with E-state index >= 15 is 0 Å². The van der Waals surface area contributed by atoms with E-state index in [-0.39, 0.29) is 0 Å². The molecule has 1 rings (SSSR count). The topological polar surface area (TPSA) is 27.0 Å². The van der Waals surface area contributed by atoms with Gasteiger partial charge in [0.25, 0.3) is 0 Å². The van der Waals surface area contributed by atoms with Crippen LogP contribution in [0.15, 0.2) is 0 Å². The highest BCUT2D eigenvalue weighted by Crippen LogP contribution is 2.16. The molecular weight excluding hydrogens is 112 g/mol. The van der Waals surface area contributed by atoms with E-state index in [1.165, 1.54) is 19.4 Å². The Morgan fingerprint density at radius 3 is 2.89 bits per heavy atom. The predicted octanol–water partition coefficient (Wildman–Crippen LogP) is 0.754. The first kappa shape index (κ1) is 7.03. The number of hydrogen-bond acceptors (Lipinski definition) is 1. The molecule has 0 aromatic carbocycles. The molecule has 53 valence electrons. The highest BCUT2D eigenvalue weighted by molar-refractivity contribution is 4.75. The molecular formula is C7H15N2. The molecule has 0 saturated carbocycles. The molecule has 0 amide bonds. The van der Waals surface area contributed by atoms with Crippen molar-refractivity contribution in [3.8, 4) is 0 Å². The van der Waals surface area contributed by atoms with Crippen LogP contribution in [0.25, 0.3) is 0 Å². The Morgan fingerprint density at radius 1 is 1.67 bits per heavy atom. The minimum atomic E-state index is 0.592. The average Bonchev–Trinajstić information content (AvgIpc) is 2.18. The lowest BCUT2D eigenvalue weighted by atomic mass is 10.1. The Kier molecular flexibility index (Phi) is 2.49. The highest BCUT2D eigenvalue weighted by Gasteiger charge is 2.18. The molecule has 1 unspecified atom stereocenters. The van der Waals surface area contributed by atoms with Gasteiger partial charge in [-0.05, 0) is 32.9 Å². The molecule has 1 aliphatic rings. The van der Waals surface area contributed by atoms with Gasteiger partial charge >= 0.3 is 0 Å². The lowest BCUT2D eigenvalue weighted by Crippen LogP contribution is -2.25. The molecule has 0 aromatic rings. The Balaban J connectivity index is 2.22. The summed E-state index contributed by atoms with van der Waals surface area (Å²) in [5.74, 6) is 0. The van der Waals surface area contributed by atoms with Gasteiger partial charge in [-0.15, -0.1) is 0 Å². The van der Waals surface area contributed by atoms with E-state index in [0.717, 1.165) is 12.5 Å². The van der Waals surface area contributed by atoms with Crippen molar-refractivity contribution >= 4 is 0 Å². The molecule has 2 nitrogen and oxygen atoms in total. The standard InChI is InChI=1S/C7H15N2/c1-9-6-2-3-7(9)4-5-8/h7-8H,2-6H2,1H3. The van der Waals surface area contributed by atoms with Crippen LogP contribution >= 0.6 is 0 Å². The lowest BCUT2D eigenvalue weighted by molar-refractivity contribution is 0.298. The summed E-state index contributed by atoms with van der Waals surface area (Å²) in [7, 11) is 2.16. The maximum absolute atomic E-state index is 7.03. The summed E-state index contributed by atoms with van der Waals surface area (Å²) in [6.45, 7) is 1.83. The van der Waals surface area contributed by atoms with Gasteiger partial charge in [0.05, 0.1) is 0 Å². The molecule has 0 aliphatic carbocycles. The molecule has 1 aliphatic heterocycles. The van der Waals surface area contributed by atoms with Crippen molar-refractivity contribution in [3.63, 3.8) is 0 Å². The van der Waals surface area contributed by atoms with E-state index < -0.39 is 0 Å². The van der Waals surface area contributed by atoms with Crippen molar-refractivity contribution in [3.05, 3.63) is 0 Å². The van der Waals surface area contributed by atoms with Crippen LogP contribution in [-0.2, 0) is 0 Å². The monoisotopic (exact) mass is 127 g/mol. The number of nitrogens with zero attached hydrogens (tertiary/aromatic N) is 1. The van der Waals surface area contributed by atoms with Crippen LogP contribution in [0, 0.1) is 0 Å². The molecule has 0 bridgehead atoms. The zero-order valence-corrected chi connectivity index (χ0v) is 6.06. The summed E-state index contributed by atoms with van der Waals surface area (Å²) < 4.78 is 0. The van der Waals surface area contributed by atoms with Gasteiger partial charge in [-0.25, -0.2) is 0 Å². The average molecular weight is 127 g/mol. The van der Waals surface area contributed by atoms with Gasteiger partial charge in [0.15, 0.2) is 0 Å². The highest BCUT2D eigenvalue weighted by atomic mass is 15.1. The molecule has 0 spiro atoms. The molecule has 1 saturated heterocycles. The van der Waals surface area contributed by atoms with Crippen molar-refractivity contribution < 1.29 is 0 Å². The number of nitrogens with one attached hydrogen (secondary N) is 1. The van der Waals surface area contributed by atoms with Gasteiger partial charge in [-0.3, -0.25) is 5.73 Å². The quantitative estimate of drug-likeness (QED) is 0.538. The van der Waals surface area contributed by atoms with Gasteiger partial charge in [0.2, 0.25) is 0 Å². The predicted molar refractivity (Wildman–Crippen MR) is 38.2 cm³/mol. The fourth-order valence-corrected chi connectivity index (χ4v) is 1.51. The molecule has 1 radical (unpaired) electrons. The minimum absolute atomic E-state index is 0.592. The third-order valence-corrected chi connectivity index (χ3v) is 2.15. The third-order valence-electron chi connectivity index (χ3n) is 2.15. The van der Waals surface area contributed by atoms with E-state index in [1.807, 2.05) is 0 Å². The van der Waals surface area contributed by atoms with Crippen LogP contribution < -0.4 is 5.73 Å². The largest absolute Gasteiger partial charge is 0.303 e. The molecule has 1 fully saturated rings. The second-order valence-corrected chi connectivity index (χ2v) is 2.82. The van der Waals surface area contributed by atoms with Gasteiger partial charge in [0, 0.05) is 12.6 Å². The van der Waals surface area contributed by atoms with Crippen molar-refractivity contribution in [2.24, 2.45) is 0 Å². The number of rotatable bonds is 2. The van der Waals surface area contributed by atoms with Gasteiger partial charge in [-0.1, -0.05) is 0 Å². The van der Waals surface area contributed by atoms with Crippen LogP contribution in [0.4, 0.5) is 0 Å². The summed E-state index contributed by atoms with van der Waals surface area (Å²) in [5.41, 5.74) is 7.03. The summed E-state index contributed by atoms with van der Waals surface area (Å²) >= 11 is 0. The van der Waals surface area contributed by atoms with Crippen LogP contribution in [0.5, 0.6) is 0 Å². The molecule has 1 N–H and O–H groups in total. The molecule has 2 heteroatoms. The molecule has 0 aromatic heterocycles. The molecule has 1 heterocycles. The van der Waals surface area contributed by atoms with E-state index in [1.54, 1.807) is 0 Å². The van der Waals surface area contributed by atoms with Crippen molar-refractivity contribution in [1.82, 2.24) is 10.6 Å². The summed E-state index contributed by atoms with van der Waals surface area (Å²) in [6, 6.07) is 0.725. The van der Waals surface area contributed by atoms with E-state index in [4.69, 9.17) is 5.73 Å². The Hall–Kier alpha value is -0.0800. The van der Waals surface area contributed by atoms with Crippen molar-refractivity contribution in [2.45, 2.75) is 25.3 Å². The van der Waals surface area contributed by atoms with Gasteiger partial charge in [0.1, 0.15) is 0 Å². The van der Waals surface area contributed by atoms with Crippen LogP contribution in [-0.4, -0.2) is 31.1 Å². The lowest BCUT2D eigenvalue weighted by Gasteiger charge is -2.17. The SMILES string of the molecule is CN1CCCC1CC[NH]. The summed E-state index contributed by atoms with van der Waals surface area (Å²) in [6.07, 6.45) is 3.72. The smallest absolute Gasteiger partial charge is 0.0115 e. The fraction of sp³-hybridized carbons (Fsp3) is 1.00. The molecule has 9 heavy (non-hydrogen) atoms. The van der Waals surface area contributed by atoms with Crippen LogP contribution in [0.3, 0.4) is 0 Å². The van der Waals surface area contributed by atoms with E-state index in [2.05, 4.69) is 11.9 Å². The van der Waals surface area contributed by atoms with Crippen LogP contribution in [0.1, 0.15) is 19.3 Å².